The molecule has 20 heavy (non-hydrogen) atoms. The van der Waals surface area contributed by atoms with Gasteiger partial charge in [-0.25, -0.2) is 0 Å². The van der Waals surface area contributed by atoms with E-state index in [4.69, 9.17) is 0 Å². The summed E-state index contributed by atoms with van der Waals surface area (Å²) < 4.78 is 28.5. The third-order valence-corrected chi connectivity index (χ3v) is 3.32. The molecule has 2 N–H and O–H groups in total. The van der Waals surface area contributed by atoms with Gasteiger partial charge in [0, 0.05) is 12.1 Å². The van der Waals surface area contributed by atoms with Gasteiger partial charge in [0.1, 0.15) is 5.75 Å². The van der Waals surface area contributed by atoms with Gasteiger partial charge in [0.25, 0.3) is 5.91 Å². The van der Waals surface area contributed by atoms with Gasteiger partial charge in [0.05, 0.1) is 0 Å². The molecule has 1 aliphatic heterocycles. The number of halogens is 2. The topological polar surface area (TPSA) is 50.4 Å². The zero-order valence-electron chi connectivity index (χ0n) is 11.1. The standard InChI is InChI=1S/C14H18F2N2O2/c15-14(16)20-12-3-1-2-11(8-12)13(19)18-7-5-10-4-6-17-9-10/h1-3,8,10,14,17H,4-7,9H2,(H,18,19). The highest BCUT2D eigenvalue weighted by atomic mass is 19.3. The van der Waals surface area contributed by atoms with Crippen LogP contribution in [0.4, 0.5) is 8.78 Å². The Morgan fingerprint density at radius 2 is 2.35 bits per heavy atom. The molecule has 1 unspecified atom stereocenters. The van der Waals surface area contributed by atoms with Gasteiger partial charge in [-0.2, -0.15) is 8.78 Å². The molecule has 1 fully saturated rings. The number of carbonyl (C=O) groups is 1. The molecule has 110 valence electrons. The van der Waals surface area contributed by atoms with Crippen molar-refractivity contribution in [2.45, 2.75) is 19.5 Å². The van der Waals surface area contributed by atoms with E-state index in [-0.39, 0.29) is 11.7 Å². The van der Waals surface area contributed by atoms with Gasteiger partial charge < -0.3 is 15.4 Å². The molecule has 1 aliphatic rings. The van der Waals surface area contributed by atoms with Gasteiger partial charge in [-0.1, -0.05) is 6.07 Å². The fourth-order valence-corrected chi connectivity index (χ4v) is 2.27. The van der Waals surface area contributed by atoms with Crippen LogP contribution < -0.4 is 15.4 Å². The normalized spacial score (nSPS) is 18.2. The fourth-order valence-electron chi connectivity index (χ4n) is 2.27. The Morgan fingerprint density at radius 1 is 1.50 bits per heavy atom. The Bertz CT molecular complexity index is 449. The summed E-state index contributed by atoms with van der Waals surface area (Å²) in [4.78, 5) is 11.9. The van der Waals surface area contributed by atoms with Gasteiger partial charge in [0.2, 0.25) is 0 Å². The monoisotopic (exact) mass is 284 g/mol. The van der Waals surface area contributed by atoms with Crippen molar-refractivity contribution in [1.82, 2.24) is 10.6 Å². The van der Waals surface area contributed by atoms with Crippen molar-refractivity contribution in [3.05, 3.63) is 29.8 Å². The molecule has 0 spiro atoms. The number of hydrogen-bond acceptors (Lipinski definition) is 3. The predicted molar refractivity (Wildman–Crippen MR) is 71.0 cm³/mol. The second kappa shape index (κ2) is 7.19. The lowest BCUT2D eigenvalue weighted by Crippen LogP contribution is -2.26. The van der Waals surface area contributed by atoms with Crippen molar-refractivity contribution in [1.29, 1.82) is 0 Å². The molecule has 1 aromatic rings. The maximum Gasteiger partial charge on any atom is 0.387 e. The highest BCUT2D eigenvalue weighted by molar-refractivity contribution is 5.94. The van der Waals surface area contributed by atoms with Crippen molar-refractivity contribution in [3.8, 4) is 5.75 Å². The minimum absolute atomic E-state index is 0.00681. The average Bonchev–Trinajstić information content (AvgIpc) is 2.91. The summed E-state index contributed by atoms with van der Waals surface area (Å²) in [6.07, 6.45) is 2.06. The van der Waals surface area contributed by atoms with E-state index in [0.717, 1.165) is 25.9 Å². The van der Waals surface area contributed by atoms with Crippen LogP contribution in [0.2, 0.25) is 0 Å². The number of hydrogen-bond donors (Lipinski definition) is 2. The number of ether oxygens (including phenoxy) is 1. The number of amides is 1. The molecule has 0 aliphatic carbocycles. The Morgan fingerprint density at radius 3 is 3.05 bits per heavy atom. The van der Waals surface area contributed by atoms with E-state index in [1.165, 1.54) is 18.2 Å². The van der Waals surface area contributed by atoms with E-state index in [1.54, 1.807) is 6.07 Å². The number of nitrogens with one attached hydrogen (secondary N) is 2. The lowest BCUT2D eigenvalue weighted by atomic mass is 10.1. The average molecular weight is 284 g/mol. The molecule has 0 aromatic heterocycles. The quantitative estimate of drug-likeness (QED) is 0.840. The molecular weight excluding hydrogens is 266 g/mol. The van der Waals surface area contributed by atoms with Crippen LogP contribution in [0.15, 0.2) is 24.3 Å². The first-order chi connectivity index (χ1) is 9.65. The lowest BCUT2D eigenvalue weighted by Gasteiger charge is -2.10. The molecule has 1 atom stereocenters. The van der Waals surface area contributed by atoms with Crippen molar-refractivity contribution < 1.29 is 18.3 Å². The molecule has 6 heteroatoms. The predicted octanol–water partition coefficient (Wildman–Crippen LogP) is 2.02. The van der Waals surface area contributed by atoms with E-state index in [0.29, 0.717) is 18.0 Å². The Labute approximate surface area is 116 Å². The molecular formula is C14H18F2N2O2. The second-order valence-corrected chi connectivity index (χ2v) is 4.81. The van der Waals surface area contributed by atoms with Crippen LogP contribution in [0.25, 0.3) is 0 Å². The summed E-state index contributed by atoms with van der Waals surface area (Å²) in [5.41, 5.74) is 0.327. The molecule has 4 nitrogen and oxygen atoms in total. The summed E-state index contributed by atoms with van der Waals surface area (Å²) >= 11 is 0. The molecule has 1 heterocycles. The van der Waals surface area contributed by atoms with Crippen LogP contribution in [0.3, 0.4) is 0 Å². The second-order valence-electron chi connectivity index (χ2n) is 4.81. The highest BCUT2D eigenvalue weighted by Gasteiger charge is 2.14. The maximum atomic E-state index is 12.1. The summed E-state index contributed by atoms with van der Waals surface area (Å²) in [5.74, 6) is 0.326. The zero-order chi connectivity index (χ0) is 14.4. The number of benzene rings is 1. The van der Waals surface area contributed by atoms with E-state index in [1.807, 2.05) is 0 Å². The first-order valence-electron chi connectivity index (χ1n) is 6.69. The van der Waals surface area contributed by atoms with Gasteiger partial charge >= 0.3 is 6.61 Å². The van der Waals surface area contributed by atoms with Gasteiger partial charge in [-0.05, 0) is 50.0 Å². The van der Waals surface area contributed by atoms with Crippen LogP contribution >= 0.6 is 0 Å². The molecule has 1 aromatic carbocycles. The molecule has 1 amide bonds. The number of rotatable bonds is 6. The van der Waals surface area contributed by atoms with Gasteiger partial charge in [0.15, 0.2) is 0 Å². The van der Waals surface area contributed by atoms with Crippen molar-refractivity contribution in [2.75, 3.05) is 19.6 Å². The summed E-state index contributed by atoms with van der Waals surface area (Å²) in [7, 11) is 0. The largest absolute Gasteiger partial charge is 0.435 e. The van der Waals surface area contributed by atoms with Gasteiger partial charge in [-0.15, -0.1) is 0 Å². The van der Waals surface area contributed by atoms with E-state index >= 15 is 0 Å². The lowest BCUT2D eigenvalue weighted by molar-refractivity contribution is -0.0498. The Kier molecular flexibility index (Phi) is 5.29. The third-order valence-electron chi connectivity index (χ3n) is 3.32. The summed E-state index contributed by atoms with van der Waals surface area (Å²) in [5, 5.41) is 6.06. The van der Waals surface area contributed by atoms with E-state index < -0.39 is 6.61 Å². The molecule has 0 saturated carbocycles. The number of carbonyl (C=O) groups excluding carboxylic acids is 1. The first kappa shape index (κ1) is 14.7. The van der Waals surface area contributed by atoms with Crippen molar-refractivity contribution in [3.63, 3.8) is 0 Å². The maximum absolute atomic E-state index is 12.1. The SMILES string of the molecule is O=C(NCCC1CCNC1)c1cccc(OC(F)F)c1. The van der Waals surface area contributed by atoms with Crippen molar-refractivity contribution >= 4 is 5.91 Å². The van der Waals surface area contributed by atoms with Crippen LogP contribution in [-0.2, 0) is 0 Å². The molecule has 2 rings (SSSR count). The van der Waals surface area contributed by atoms with Crippen molar-refractivity contribution in [2.24, 2.45) is 5.92 Å². The smallest absolute Gasteiger partial charge is 0.387 e. The first-order valence-corrected chi connectivity index (χ1v) is 6.69. The fraction of sp³-hybridized carbons (Fsp3) is 0.500. The van der Waals surface area contributed by atoms with Crippen LogP contribution in [0.5, 0.6) is 5.75 Å². The van der Waals surface area contributed by atoms with E-state index in [2.05, 4.69) is 15.4 Å². The molecule has 0 bridgehead atoms. The third kappa shape index (κ3) is 4.45. The Balaban J connectivity index is 1.81. The van der Waals surface area contributed by atoms with Crippen LogP contribution in [-0.4, -0.2) is 32.2 Å². The van der Waals surface area contributed by atoms with E-state index in [9.17, 15) is 13.6 Å². The molecule has 1 saturated heterocycles. The molecule has 0 radical (unpaired) electrons. The van der Waals surface area contributed by atoms with Crippen LogP contribution in [0, 0.1) is 5.92 Å². The van der Waals surface area contributed by atoms with Gasteiger partial charge in [-0.3, -0.25) is 4.79 Å². The minimum Gasteiger partial charge on any atom is -0.435 e. The highest BCUT2D eigenvalue weighted by Crippen LogP contribution is 2.16. The summed E-state index contributed by atoms with van der Waals surface area (Å²) in [6.45, 7) is -0.271. The number of alkyl halides is 2. The minimum atomic E-state index is -2.89. The zero-order valence-corrected chi connectivity index (χ0v) is 11.1. The van der Waals surface area contributed by atoms with Crippen LogP contribution in [0.1, 0.15) is 23.2 Å². The Hall–Kier alpha value is -1.69. The summed E-state index contributed by atoms with van der Waals surface area (Å²) in [6, 6.07) is 5.81.